The molecule has 1 aliphatic rings. The van der Waals surface area contributed by atoms with Gasteiger partial charge in [0.1, 0.15) is 0 Å². The van der Waals surface area contributed by atoms with Crippen LogP contribution in [0.15, 0.2) is 16.3 Å². The molecule has 3 heteroatoms. The van der Waals surface area contributed by atoms with Crippen LogP contribution >= 0.6 is 12.6 Å². The van der Waals surface area contributed by atoms with E-state index in [2.05, 4.69) is 27.7 Å². The van der Waals surface area contributed by atoms with E-state index >= 15 is 0 Å². The van der Waals surface area contributed by atoms with Crippen LogP contribution < -0.4 is 5.73 Å². The van der Waals surface area contributed by atoms with Gasteiger partial charge in [-0.1, -0.05) is 40.5 Å². The lowest BCUT2D eigenvalue weighted by atomic mass is 9.86. The smallest absolute Gasteiger partial charge is 0.0952 e. The molecule has 116 valence electrons. The van der Waals surface area contributed by atoms with Crippen molar-refractivity contribution in [1.82, 2.24) is 0 Å². The number of thiol groups is 1. The van der Waals surface area contributed by atoms with Gasteiger partial charge in [-0.3, -0.25) is 4.99 Å². The van der Waals surface area contributed by atoms with Crippen LogP contribution in [0.4, 0.5) is 0 Å². The molecule has 3 unspecified atom stereocenters. The molecule has 0 saturated carbocycles. The minimum Gasteiger partial charge on any atom is -0.402 e. The Hall–Kier alpha value is -0.440. The Morgan fingerprint density at radius 1 is 1.25 bits per heavy atom. The van der Waals surface area contributed by atoms with Crippen molar-refractivity contribution < 1.29 is 0 Å². The lowest BCUT2D eigenvalue weighted by Gasteiger charge is -2.25. The van der Waals surface area contributed by atoms with Crippen molar-refractivity contribution in [3.05, 3.63) is 11.3 Å². The van der Waals surface area contributed by atoms with Gasteiger partial charge in [0.05, 0.1) is 5.37 Å². The molecule has 0 aliphatic heterocycles. The molecular weight excluding hydrogens is 264 g/mol. The predicted octanol–water partition coefficient (Wildman–Crippen LogP) is 4.95. The number of allylic oxidation sites excluding steroid dienone is 2. The highest BCUT2D eigenvalue weighted by atomic mass is 32.1. The number of hydrogen-bond acceptors (Lipinski definition) is 3. The second kappa shape index (κ2) is 8.76. The molecular formula is C17H32N2S. The largest absolute Gasteiger partial charge is 0.402 e. The van der Waals surface area contributed by atoms with Gasteiger partial charge in [-0.15, -0.1) is 0 Å². The first-order chi connectivity index (χ1) is 9.51. The van der Waals surface area contributed by atoms with Crippen LogP contribution in [0, 0.1) is 11.8 Å². The van der Waals surface area contributed by atoms with Gasteiger partial charge in [0.25, 0.3) is 0 Å². The van der Waals surface area contributed by atoms with Gasteiger partial charge in [0, 0.05) is 11.4 Å². The fraction of sp³-hybridized carbons (Fsp3) is 0.824. The maximum absolute atomic E-state index is 6.27. The summed E-state index contributed by atoms with van der Waals surface area (Å²) in [7, 11) is 0. The Bertz CT molecular complexity index is 360. The van der Waals surface area contributed by atoms with Crippen LogP contribution in [0.1, 0.15) is 72.6 Å². The zero-order valence-corrected chi connectivity index (χ0v) is 14.5. The second-order valence-corrected chi connectivity index (χ2v) is 6.74. The van der Waals surface area contributed by atoms with Crippen LogP contribution in [-0.2, 0) is 0 Å². The number of nitrogens with two attached hydrogens (primary N) is 1. The van der Waals surface area contributed by atoms with Gasteiger partial charge in [0.15, 0.2) is 0 Å². The Morgan fingerprint density at radius 2 is 1.90 bits per heavy atom. The standard InChI is InChI=1S/C17H32N2S/c1-5-9-13(4)16(19-17(20)12(3)6-2)14-10-7-8-11-15(14)18/h12-13,17,20H,5-11,18H2,1-4H3. The fourth-order valence-electron chi connectivity index (χ4n) is 2.77. The lowest BCUT2D eigenvalue weighted by Crippen LogP contribution is -2.23. The fourth-order valence-corrected chi connectivity index (χ4v) is 3.11. The van der Waals surface area contributed by atoms with Gasteiger partial charge in [-0.05, 0) is 49.5 Å². The van der Waals surface area contributed by atoms with E-state index in [-0.39, 0.29) is 5.37 Å². The predicted molar refractivity (Wildman–Crippen MR) is 93.4 cm³/mol. The summed E-state index contributed by atoms with van der Waals surface area (Å²) in [6.45, 7) is 8.95. The molecule has 0 amide bonds. The Morgan fingerprint density at radius 3 is 2.45 bits per heavy atom. The average molecular weight is 297 g/mol. The van der Waals surface area contributed by atoms with Crippen molar-refractivity contribution in [3.8, 4) is 0 Å². The van der Waals surface area contributed by atoms with Gasteiger partial charge >= 0.3 is 0 Å². The molecule has 0 aromatic rings. The van der Waals surface area contributed by atoms with E-state index in [1.54, 1.807) is 0 Å². The van der Waals surface area contributed by atoms with Crippen LogP contribution in [0.25, 0.3) is 0 Å². The molecule has 0 fully saturated rings. The topological polar surface area (TPSA) is 38.4 Å². The molecule has 0 aromatic carbocycles. The molecule has 1 aliphatic carbocycles. The summed E-state index contributed by atoms with van der Waals surface area (Å²) in [4.78, 5) is 4.98. The first-order valence-corrected chi connectivity index (χ1v) is 8.76. The number of aliphatic imine (C=N–C) groups is 1. The molecule has 0 aromatic heterocycles. The van der Waals surface area contributed by atoms with E-state index in [1.165, 1.54) is 37.0 Å². The van der Waals surface area contributed by atoms with Crippen molar-refractivity contribution in [2.75, 3.05) is 0 Å². The Labute approximate surface area is 130 Å². The summed E-state index contributed by atoms with van der Waals surface area (Å²) in [5, 5.41) is 0.0940. The van der Waals surface area contributed by atoms with E-state index in [4.69, 9.17) is 23.4 Å². The van der Waals surface area contributed by atoms with Crippen LogP contribution in [0.5, 0.6) is 0 Å². The normalized spacial score (nSPS) is 21.8. The highest BCUT2D eigenvalue weighted by Crippen LogP contribution is 2.28. The van der Waals surface area contributed by atoms with Gasteiger partial charge in [-0.2, -0.15) is 12.6 Å². The van der Waals surface area contributed by atoms with Crippen molar-refractivity contribution in [2.24, 2.45) is 22.6 Å². The number of hydrogen-bond donors (Lipinski definition) is 2. The lowest BCUT2D eigenvalue weighted by molar-refractivity contribution is 0.542. The van der Waals surface area contributed by atoms with E-state index < -0.39 is 0 Å². The summed E-state index contributed by atoms with van der Waals surface area (Å²) >= 11 is 4.71. The third-order valence-corrected chi connectivity index (χ3v) is 5.06. The van der Waals surface area contributed by atoms with Gasteiger partial charge in [0.2, 0.25) is 0 Å². The molecule has 3 atom stereocenters. The van der Waals surface area contributed by atoms with Gasteiger partial charge in [-0.25, -0.2) is 0 Å². The number of rotatable bonds is 7. The molecule has 2 nitrogen and oxygen atoms in total. The maximum Gasteiger partial charge on any atom is 0.0952 e. The Balaban J connectivity index is 3.04. The highest BCUT2D eigenvalue weighted by molar-refractivity contribution is 7.80. The van der Waals surface area contributed by atoms with Crippen molar-refractivity contribution in [1.29, 1.82) is 0 Å². The van der Waals surface area contributed by atoms with Crippen molar-refractivity contribution in [2.45, 2.75) is 78.0 Å². The third kappa shape index (κ3) is 4.83. The summed E-state index contributed by atoms with van der Waals surface area (Å²) in [6, 6.07) is 0. The molecule has 0 heterocycles. The maximum atomic E-state index is 6.27. The molecule has 0 saturated heterocycles. The molecule has 1 rings (SSSR count). The molecule has 2 N–H and O–H groups in total. The zero-order chi connectivity index (χ0) is 15.1. The monoisotopic (exact) mass is 296 g/mol. The minimum atomic E-state index is 0.0940. The second-order valence-electron chi connectivity index (χ2n) is 6.21. The summed E-state index contributed by atoms with van der Waals surface area (Å²) in [5.41, 5.74) is 9.92. The van der Waals surface area contributed by atoms with E-state index in [0.29, 0.717) is 11.8 Å². The molecule has 0 spiro atoms. The SMILES string of the molecule is CCCC(C)C(=NC(S)C(C)CC)C1=C(N)CCCC1. The summed E-state index contributed by atoms with van der Waals surface area (Å²) in [6.07, 6.45) is 8.08. The first kappa shape index (κ1) is 17.6. The van der Waals surface area contributed by atoms with E-state index in [9.17, 15) is 0 Å². The van der Waals surface area contributed by atoms with Gasteiger partial charge < -0.3 is 5.73 Å². The molecule has 0 bridgehead atoms. The number of nitrogens with zero attached hydrogens (tertiary/aromatic N) is 1. The zero-order valence-electron chi connectivity index (χ0n) is 13.7. The average Bonchev–Trinajstić information content (AvgIpc) is 2.44. The summed E-state index contributed by atoms with van der Waals surface area (Å²) < 4.78 is 0. The van der Waals surface area contributed by atoms with Crippen LogP contribution in [0.3, 0.4) is 0 Å². The van der Waals surface area contributed by atoms with Crippen LogP contribution in [0.2, 0.25) is 0 Å². The highest BCUT2D eigenvalue weighted by Gasteiger charge is 2.22. The first-order valence-electron chi connectivity index (χ1n) is 8.24. The Kier molecular flexibility index (Phi) is 7.71. The minimum absolute atomic E-state index is 0.0940. The van der Waals surface area contributed by atoms with Crippen LogP contribution in [-0.4, -0.2) is 11.1 Å². The molecule has 20 heavy (non-hydrogen) atoms. The molecule has 0 radical (unpaired) electrons. The van der Waals surface area contributed by atoms with Crippen molar-refractivity contribution in [3.63, 3.8) is 0 Å². The van der Waals surface area contributed by atoms with Crippen molar-refractivity contribution >= 4 is 18.3 Å². The quantitative estimate of drug-likeness (QED) is 0.506. The van der Waals surface area contributed by atoms with E-state index in [0.717, 1.165) is 25.0 Å². The third-order valence-electron chi connectivity index (χ3n) is 4.43. The summed E-state index contributed by atoms with van der Waals surface area (Å²) in [5.74, 6) is 0.998. The van der Waals surface area contributed by atoms with E-state index in [1.807, 2.05) is 0 Å².